The molecule has 1 fully saturated rings. The van der Waals surface area contributed by atoms with Crippen LogP contribution in [0, 0.1) is 13.8 Å². The minimum atomic E-state index is -0.240. The third kappa shape index (κ3) is 4.20. The van der Waals surface area contributed by atoms with Gasteiger partial charge in [-0.2, -0.15) is 0 Å². The lowest BCUT2D eigenvalue weighted by atomic mass is 10.0. The van der Waals surface area contributed by atoms with Gasteiger partial charge < -0.3 is 15.2 Å². The van der Waals surface area contributed by atoms with Gasteiger partial charge in [-0.3, -0.25) is 9.59 Å². The first-order valence-corrected chi connectivity index (χ1v) is 8.40. The summed E-state index contributed by atoms with van der Waals surface area (Å²) in [6, 6.07) is 1.89. The lowest BCUT2D eigenvalue weighted by Gasteiger charge is -2.32. The summed E-state index contributed by atoms with van der Waals surface area (Å²) in [5, 5.41) is 3.02. The van der Waals surface area contributed by atoms with Crippen LogP contribution in [-0.2, 0) is 11.2 Å². The van der Waals surface area contributed by atoms with Crippen molar-refractivity contribution in [3.8, 4) is 0 Å². The van der Waals surface area contributed by atoms with E-state index in [0.29, 0.717) is 17.1 Å². The number of nitrogens with one attached hydrogen (secondary N) is 2. The first kappa shape index (κ1) is 17.1. The molecule has 0 unspecified atom stereocenters. The standard InChI is InChI=1S/C17H22N6O2/c1-11-14(16(25)21-12(2)20-11)10-15(24)22-13-4-8-23(9-5-13)17-18-6-3-7-19-17/h3,6-7,13H,4-5,8-10H2,1-2H3,(H,22,24)(H,20,21,25). The highest BCUT2D eigenvalue weighted by Gasteiger charge is 2.22. The Hall–Kier alpha value is -2.77. The second-order valence-corrected chi connectivity index (χ2v) is 6.27. The van der Waals surface area contributed by atoms with Gasteiger partial charge in [-0.25, -0.2) is 15.0 Å². The van der Waals surface area contributed by atoms with E-state index in [2.05, 4.69) is 30.2 Å². The normalized spacial score (nSPS) is 15.2. The molecule has 1 aliphatic rings. The van der Waals surface area contributed by atoms with Gasteiger partial charge in [0.1, 0.15) is 5.82 Å². The second-order valence-electron chi connectivity index (χ2n) is 6.27. The summed E-state index contributed by atoms with van der Waals surface area (Å²) in [6.07, 6.45) is 5.16. The van der Waals surface area contributed by atoms with E-state index in [0.717, 1.165) is 31.9 Å². The van der Waals surface area contributed by atoms with Crippen LogP contribution in [-0.4, -0.2) is 45.0 Å². The summed E-state index contributed by atoms with van der Waals surface area (Å²) in [5.41, 5.74) is 0.793. The van der Waals surface area contributed by atoms with Crippen LogP contribution in [0.5, 0.6) is 0 Å². The van der Waals surface area contributed by atoms with E-state index in [1.54, 1.807) is 32.3 Å². The third-order valence-electron chi connectivity index (χ3n) is 4.37. The highest BCUT2D eigenvalue weighted by molar-refractivity contribution is 5.79. The average Bonchev–Trinajstić information content (AvgIpc) is 2.59. The predicted molar refractivity (Wildman–Crippen MR) is 93.4 cm³/mol. The lowest BCUT2D eigenvalue weighted by Crippen LogP contribution is -2.45. The van der Waals surface area contributed by atoms with Gasteiger partial charge >= 0.3 is 0 Å². The molecule has 0 aliphatic carbocycles. The van der Waals surface area contributed by atoms with Crippen molar-refractivity contribution in [2.45, 2.75) is 39.2 Å². The molecule has 0 atom stereocenters. The van der Waals surface area contributed by atoms with Crippen molar-refractivity contribution in [3.05, 3.63) is 45.9 Å². The maximum absolute atomic E-state index is 12.3. The summed E-state index contributed by atoms with van der Waals surface area (Å²) < 4.78 is 0. The molecule has 0 spiro atoms. The van der Waals surface area contributed by atoms with Crippen LogP contribution in [0.25, 0.3) is 0 Å². The largest absolute Gasteiger partial charge is 0.353 e. The SMILES string of the molecule is Cc1nc(C)c(CC(=O)NC2CCN(c3ncccn3)CC2)c(=O)[nH]1. The number of aryl methyl sites for hydroxylation is 2. The van der Waals surface area contributed by atoms with Crippen LogP contribution < -0.4 is 15.8 Å². The molecule has 8 nitrogen and oxygen atoms in total. The molecule has 8 heteroatoms. The lowest BCUT2D eigenvalue weighted by molar-refractivity contribution is -0.121. The van der Waals surface area contributed by atoms with Crippen molar-refractivity contribution < 1.29 is 4.79 Å². The molecule has 2 aromatic heterocycles. The molecule has 1 aliphatic heterocycles. The second kappa shape index (κ2) is 7.42. The Morgan fingerprint density at radius 3 is 2.60 bits per heavy atom. The zero-order valence-electron chi connectivity index (χ0n) is 14.5. The fourth-order valence-electron chi connectivity index (χ4n) is 3.08. The Balaban J connectivity index is 1.54. The Bertz CT molecular complexity index is 797. The molecule has 0 saturated carbocycles. The summed E-state index contributed by atoms with van der Waals surface area (Å²) in [4.78, 5) is 41.8. The minimum Gasteiger partial charge on any atom is -0.353 e. The third-order valence-corrected chi connectivity index (χ3v) is 4.37. The van der Waals surface area contributed by atoms with E-state index >= 15 is 0 Å². The van der Waals surface area contributed by atoms with Crippen LogP contribution in [0.2, 0.25) is 0 Å². The molecule has 1 amide bonds. The molecular formula is C17H22N6O2. The summed E-state index contributed by atoms with van der Waals surface area (Å²) in [5.74, 6) is 1.14. The Kier molecular flexibility index (Phi) is 5.06. The minimum absolute atomic E-state index is 0.0520. The van der Waals surface area contributed by atoms with E-state index in [4.69, 9.17) is 0 Å². The quantitative estimate of drug-likeness (QED) is 0.839. The van der Waals surface area contributed by atoms with E-state index in [9.17, 15) is 9.59 Å². The number of aromatic amines is 1. The number of carbonyl (C=O) groups is 1. The maximum Gasteiger partial charge on any atom is 0.254 e. The van der Waals surface area contributed by atoms with Crippen LogP contribution in [0.3, 0.4) is 0 Å². The van der Waals surface area contributed by atoms with Gasteiger partial charge in [-0.05, 0) is 32.8 Å². The Morgan fingerprint density at radius 2 is 1.96 bits per heavy atom. The number of H-pyrrole nitrogens is 1. The van der Waals surface area contributed by atoms with Gasteiger partial charge in [0.25, 0.3) is 5.56 Å². The Labute approximate surface area is 145 Å². The smallest absolute Gasteiger partial charge is 0.254 e. The molecule has 3 rings (SSSR count). The zero-order valence-corrected chi connectivity index (χ0v) is 14.5. The zero-order chi connectivity index (χ0) is 17.8. The van der Waals surface area contributed by atoms with Crippen molar-refractivity contribution >= 4 is 11.9 Å². The molecule has 1 saturated heterocycles. The average molecular weight is 342 g/mol. The number of piperidine rings is 1. The van der Waals surface area contributed by atoms with Gasteiger partial charge in [0.05, 0.1) is 6.42 Å². The molecule has 0 aromatic carbocycles. The topological polar surface area (TPSA) is 104 Å². The highest BCUT2D eigenvalue weighted by Crippen LogP contribution is 2.15. The summed E-state index contributed by atoms with van der Waals surface area (Å²) >= 11 is 0. The molecule has 3 heterocycles. The number of amides is 1. The van der Waals surface area contributed by atoms with Crippen molar-refractivity contribution in [1.29, 1.82) is 0 Å². The van der Waals surface area contributed by atoms with Crippen LogP contribution in [0.1, 0.15) is 29.9 Å². The highest BCUT2D eigenvalue weighted by atomic mass is 16.2. The molecule has 2 aromatic rings. The molecule has 132 valence electrons. The summed E-state index contributed by atoms with van der Waals surface area (Å²) in [7, 11) is 0. The fraction of sp³-hybridized carbons (Fsp3) is 0.471. The van der Waals surface area contributed by atoms with E-state index in [1.807, 2.05) is 0 Å². The van der Waals surface area contributed by atoms with Crippen molar-refractivity contribution in [3.63, 3.8) is 0 Å². The van der Waals surface area contributed by atoms with E-state index < -0.39 is 0 Å². The molecule has 2 N–H and O–H groups in total. The molecule has 25 heavy (non-hydrogen) atoms. The molecule has 0 radical (unpaired) electrons. The first-order chi connectivity index (χ1) is 12.0. The van der Waals surface area contributed by atoms with Crippen LogP contribution >= 0.6 is 0 Å². The number of carbonyl (C=O) groups excluding carboxylic acids is 1. The monoisotopic (exact) mass is 342 g/mol. The van der Waals surface area contributed by atoms with Crippen molar-refractivity contribution in [2.75, 3.05) is 18.0 Å². The van der Waals surface area contributed by atoms with Crippen molar-refractivity contribution in [1.82, 2.24) is 25.3 Å². The van der Waals surface area contributed by atoms with Crippen LogP contribution in [0.4, 0.5) is 5.95 Å². The molecular weight excluding hydrogens is 320 g/mol. The number of hydrogen-bond donors (Lipinski definition) is 2. The number of hydrogen-bond acceptors (Lipinski definition) is 6. The van der Waals surface area contributed by atoms with Gasteiger partial charge in [-0.1, -0.05) is 0 Å². The summed E-state index contributed by atoms with van der Waals surface area (Å²) in [6.45, 7) is 5.06. The van der Waals surface area contributed by atoms with Crippen LogP contribution in [0.15, 0.2) is 23.3 Å². The number of aromatic nitrogens is 4. The first-order valence-electron chi connectivity index (χ1n) is 8.40. The van der Waals surface area contributed by atoms with Gasteiger partial charge in [0.2, 0.25) is 11.9 Å². The van der Waals surface area contributed by atoms with E-state index in [1.165, 1.54) is 0 Å². The molecule has 0 bridgehead atoms. The number of rotatable bonds is 4. The van der Waals surface area contributed by atoms with Crippen molar-refractivity contribution in [2.24, 2.45) is 0 Å². The van der Waals surface area contributed by atoms with Gasteiger partial charge in [0.15, 0.2) is 0 Å². The fourth-order valence-corrected chi connectivity index (χ4v) is 3.08. The predicted octanol–water partition coefficient (Wildman–Crippen LogP) is 0.504. The van der Waals surface area contributed by atoms with E-state index in [-0.39, 0.29) is 23.9 Å². The number of nitrogens with zero attached hydrogens (tertiary/aromatic N) is 4. The maximum atomic E-state index is 12.3. The van der Waals surface area contributed by atoms with Gasteiger partial charge in [-0.15, -0.1) is 0 Å². The van der Waals surface area contributed by atoms with Gasteiger partial charge in [0, 0.05) is 42.8 Å². The number of anilines is 1. The Morgan fingerprint density at radius 1 is 1.28 bits per heavy atom.